The van der Waals surface area contributed by atoms with E-state index in [0.717, 1.165) is 29.1 Å². The van der Waals surface area contributed by atoms with Gasteiger partial charge in [-0.2, -0.15) is 0 Å². The first-order valence-corrected chi connectivity index (χ1v) is 8.30. The summed E-state index contributed by atoms with van der Waals surface area (Å²) in [5.41, 5.74) is 0.781. The molecule has 4 heteroatoms. The molecule has 0 amide bonds. The van der Waals surface area contributed by atoms with Crippen LogP contribution >= 0.6 is 31.9 Å². The summed E-state index contributed by atoms with van der Waals surface area (Å²) in [5.74, 6) is 0.0874. The Bertz CT molecular complexity index is 378. The lowest BCUT2D eigenvalue weighted by atomic mass is 9.81. The fraction of sp³-hybridized carbons (Fsp3) is 0.571. The summed E-state index contributed by atoms with van der Waals surface area (Å²) in [6.45, 7) is 2.15. The molecule has 0 heterocycles. The second-order valence-corrected chi connectivity index (χ2v) is 5.75. The molecule has 0 atom stereocenters. The molecule has 102 valence electrons. The molecule has 0 aromatic heterocycles. The van der Waals surface area contributed by atoms with Crippen LogP contribution in [0.2, 0.25) is 0 Å². The summed E-state index contributed by atoms with van der Waals surface area (Å²) >= 11 is 7.14. The predicted molar refractivity (Wildman–Crippen MR) is 81.6 cm³/mol. The topological polar surface area (TPSA) is 9.23 Å². The zero-order valence-electron chi connectivity index (χ0n) is 10.8. The fourth-order valence-electron chi connectivity index (χ4n) is 2.14. The van der Waals surface area contributed by atoms with Crippen molar-refractivity contribution in [2.75, 3.05) is 17.8 Å². The zero-order valence-corrected chi connectivity index (χ0v) is 14.0. The van der Waals surface area contributed by atoms with Crippen LogP contribution in [-0.2, 0) is 6.42 Å². The van der Waals surface area contributed by atoms with Gasteiger partial charge in [-0.25, -0.2) is 4.39 Å². The van der Waals surface area contributed by atoms with Crippen LogP contribution in [0.25, 0.3) is 0 Å². The molecule has 18 heavy (non-hydrogen) atoms. The normalized spacial score (nSPS) is 11.6. The average Bonchev–Trinajstić information content (AvgIpc) is 2.40. The monoisotopic (exact) mass is 380 g/mol. The molecule has 1 nitrogen and oxygen atoms in total. The van der Waals surface area contributed by atoms with Crippen molar-refractivity contribution in [1.29, 1.82) is 0 Å². The zero-order chi connectivity index (χ0) is 13.6. The Balaban J connectivity index is 3.00. The molecule has 1 rings (SSSR count). The van der Waals surface area contributed by atoms with Crippen LogP contribution in [0.3, 0.4) is 0 Å². The third-order valence-electron chi connectivity index (χ3n) is 3.18. The molecule has 0 radical (unpaired) electrons. The maximum absolute atomic E-state index is 14.2. The van der Waals surface area contributed by atoms with Crippen molar-refractivity contribution in [3.05, 3.63) is 29.6 Å². The van der Waals surface area contributed by atoms with Gasteiger partial charge < -0.3 is 4.74 Å². The highest BCUT2D eigenvalue weighted by Crippen LogP contribution is 2.35. The van der Waals surface area contributed by atoms with E-state index in [9.17, 15) is 4.39 Å². The molecule has 0 aliphatic rings. The van der Waals surface area contributed by atoms with Gasteiger partial charge in [-0.05, 0) is 29.9 Å². The van der Waals surface area contributed by atoms with Crippen molar-refractivity contribution >= 4 is 31.9 Å². The van der Waals surface area contributed by atoms with E-state index in [1.165, 1.54) is 7.11 Å². The molecular weight excluding hydrogens is 363 g/mol. The van der Waals surface area contributed by atoms with E-state index in [1.807, 2.05) is 12.1 Å². The number of alkyl halides is 2. The van der Waals surface area contributed by atoms with Gasteiger partial charge in [0.1, 0.15) is 0 Å². The number of hydrogen-bond acceptors (Lipinski definition) is 1. The van der Waals surface area contributed by atoms with Crippen molar-refractivity contribution in [1.82, 2.24) is 0 Å². The Morgan fingerprint density at radius 2 is 1.94 bits per heavy atom. The molecule has 0 spiro atoms. The van der Waals surface area contributed by atoms with E-state index in [1.54, 1.807) is 6.07 Å². The summed E-state index contributed by atoms with van der Waals surface area (Å²) in [6, 6.07) is 5.34. The summed E-state index contributed by atoms with van der Waals surface area (Å²) in [5, 5.41) is 1.71. The van der Waals surface area contributed by atoms with Gasteiger partial charge >= 0.3 is 0 Å². The SMILES string of the molecule is CCCC(CBr)(CBr)Cc1cccc(OC)c1F. The number of hydrogen-bond donors (Lipinski definition) is 0. The highest BCUT2D eigenvalue weighted by Gasteiger charge is 2.28. The predicted octanol–water partition coefficient (Wildman–Crippen LogP) is 4.95. The van der Waals surface area contributed by atoms with Crippen molar-refractivity contribution < 1.29 is 9.13 Å². The quantitative estimate of drug-likeness (QED) is 0.607. The van der Waals surface area contributed by atoms with E-state index in [0.29, 0.717) is 12.2 Å². The second kappa shape index (κ2) is 7.49. The van der Waals surface area contributed by atoms with E-state index in [-0.39, 0.29) is 11.2 Å². The standard InChI is InChI=1S/C14H19Br2FO/c1-3-7-14(9-15,10-16)8-11-5-4-6-12(18-2)13(11)17/h4-6H,3,7-10H2,1-2H3. The van der Waals surface area contributed by atoms with Crippen molar-refractivity contribution in [3.8, 4) is 5.75 Å². The maximum atomic E-state index is 14.2. The van der Waals surface area contributed by atoms with E-state index in [2.05, 4.69) is 38.8 Å². The summed E-state index contributed by atoms with van der Waals surface area (Å²) in [4.78, 5) is 0. The third-order valence-corrected chi connectivity index (χ3v) is 5.55. The summed E-state index contributed by atoms with van der Waals surface area (Å²) in [7, 11) is 1.50. The van der Waals surface area contributed by atoms with Gasteiger partial charge in [0.2, 0.25) is 0 Å². The van der Waals surface area contributed by atoms with Crippen LogP contribution in [0.15, 0.2) is 18.2 Å². The van der Waals surface area contributed by atoms with Crippen LogP contribution in [0.5, 0.6) is 5.75 Å². The number of halogens is 3. The van der Waals surface area contributed by atoms with Crippen molar-refractivity contribution in [2.24, 2.45) is 5.41 Å². The molecule has 1 aromatic rings. The lowest BCUT2D eigenvalue weighted by Crippen LogP contribution is -2.28. The van der Waals surface area contributed by atoms with Crippen molar-refractivity contribution in [3.63, 3.8) is 0 Å². The minimum atomic E-state index is -0.234. The number of methoxy groups -OCH3 is 1. The maximum Gasteiger partial charge on any atom is 0.168 e. The van der Waals surface area contributed by atoms with Gasteiger partial charge in [0.25, 0.3) is 0 Å². The first kappa shape index (κ1) is 16.0. The minimum Gasteiger partial charge on any atom is -0.494 e. The lowest BCUT2D eigenvalue weighted by molar-refractivity contribution is 0.339. The average molecular weight is 382 g/mol. The van der Waals surface area contributed by atoms with E-state index in [4.69, 9.17) is 4.74 Å². The van der Waals surface area contributed by atoms with Crippen molar-refractivity contribution in [2.45, 2.75) is 26.2 Å². The molecule has 0 fully saturated rings. The van der Waals surface area contributed by atoms with Crippen LogP contribution in [0.4, 0.5) is 4.39 Å². The Labute approximate surface area is 125 Å². The number of rotatable bonds is 7. The van der Waals surface area contributed by atoms with E-state index < -0.39 is 0 Å². The third kappa shape index (κ3) is 3.70. The Kier molecular flexibility index (Phi) is 6.64. The largest absolute Gasteiger partial charge is 0.494 e. The molecule has 0 saturated carbocycles. The van der Waals surface area contributed by atoms with Gasteiger partial charge in [-0.15, -0.1) is 0 Å². The summed E-state index contributed by atoms with van der Waals surface area (Å²) < 4.78 is 19.2. The van der Waals surface area contributed by atoms with Gasteiger partial charge in [0.15, 0.2) is 11.6 Å². The molecule has 0 unspecified atom stereocenters. The van der Waals surface area contributed by atoms with Crippen LogP contribution in [-0.4, -0.2) is 17.8 Å². The molecule has 0 N–H and O–H groups in total. The van der Waals surface area contributed by atoms with Gasteiger partial charge in [0, 0.05) is 10.7 Å². The van der Waals surface area contributed by atoms with Crippen LogP contribution < -0.4 is 4.74 Å². The highest BCUT2D eigenvalue weighted by molar-refractivity contribution is 9.09. The van der Waals surface area contributed by atoms with Gasteiger partial charge in [-0.3, -0.25) is 0 Å². The summed E-state index contributed by atoms with van der Waals surface area (Å²) in [6.07, 6.45) is 2.85. The molecular formula is C14H19Br2FO. The number of benzene rings is 1. The van der Waals surface area contributed by atoms with Gasteiger partial charge in [0.05, 0.1) is 7.11 Å². The first-order valence-electron chi connectivity index (χ1n) is 6.05. The fourth-order valence-corrected chi connectivity index (χ4v) is 4.02. The number of ether oxygens (including phenoxy) is 1. The Morgan fingerprint density at radius 1 is 1.28 bits per heavy atom. The Morgan fingerprint density at radius 3 is 2.44 bits per heavy atom. The minimum absolute atomic E-state index is 0.0575. The highest BCUT2D eigenvalue weighted by atomic mass is 79.9. The van der Waals surface area contributed by atoms with Crippen LogP contribution in [0, 0.1) is 11.2 Å². The van der Waals surface area contributed by atoms with Crippen LogP contribution in [0.1, 0.15) is 25.3 Å². The second-order valence-electron chi connectivity index (χ2n) is 4.63. The lowest BCUT2D eigenvalue weighted by Gasteiger charge is -2.30. The molecule has 1 aromatic carbocycles. The smallest absolute Gasteiger partial charge is 0.168 e. The molecule has 0 saturated heterocycles. The molecule has 0 aliphatic carbocycles. The van der Waals surface area contributed by atoms with Gasteiger partial charge in [-0.1, -0.05) is 57.3 Å². The molecule has 0 bridgehead atoms. The molecule has 0 aliphatic heterocycles. The first-order chi connectivity index (χ1) is 8.62. The Hall–Kier alpha value is -0.0900. The van der Waals surface area contributed by atoms with E-state index >= 15 is 0 Å².